The van der Waals surface area contributed by atoms with Crippen LogP contribution in [0.1, 0.15) is 5.56 Å². The monoisotopic (exact) mass is 316 g/mol. The molecule has 0 atom stereocenters. The first-order chi connectivity index (χ1) is 9.85. The van der Waals surface area contributed by atoms with Gasteiger partial charge in [0, 0.05) is 12.7 Å². The highest BCUT2D eigenvalue weighted by molar-refractivity contribution is 7.92. The third-order valence-corrected chi connectivity index (χ3v) is 4.10. The summed E-state index contributed by atoms with van der Waals surface area (Å²) in [5.74, 6) is -1.94. The van der Waals surface area contributed by atoms with Crippen molar-refractivity contribution < 1.29 is 17.2 Å². The Morgan fingerprint density at radius 2 is 2.10 bits per heavy atom. The van der Waals surface area contributed by atoms with Crippen molar-refractivity contribution in [1.82, 2.24) is 9.78 Å². The highest BCUT2D eigenvalue weighted by Crippen LogP contribution is 2.24. The quantitative estimate of drug-likeness (QED) is 0.868. The Bertz CT molecular complexity index is 759. The molecule has 0 aliphatic heterocycles. The smallest absolute Gasteiger partial charge is 0.265 e. The van der Waals surface area contributed by atoms with Crippen molar-refractivity contribution in [3.8, 4) is 0 Å². The second-order valence-electron chi connectivity index (χ2n) is 4.39. The van der Waals surface area contributed by atoms with E-state index in [1.807, 2.05) is 4.72 Å². The van der Waals surface area contributed by atoms with Gasteiger partial charge < -0.3 is 5.73 Å². The summed E-state index contributed by atoms with van der Waals surface area (Å²) < 4.78 is 54.9. The number of nitrogens with two attached hydrogens (primary N) is 1. The Hall–Kier alpha value is -2.00. The maximum absolute atomic E-state index is 13.8. The normalized spacial score (nSPS) is 11.6. The molecule has 3 N–H and O–H groups in total. The van der Waals surface area contributed by atoms with Crippen LogP contribution in [0.5, 0.6) is 0 Å². The van der Waals surface area contributed by atoms with Gasteiger partial charge in [0.15, 0.2) is 5.82 Å². The third-order valence-electron chi connectivity index (χ3n) is 2.80. The van der Waals surface area contributed by atoms with Gasteiger partial charge in [-0.1, -0.05) is 6.07 Å². The molecule has 0 spiro atoms. The number of rotatable bonds is 5. The molecular formula is C12H14F2N4O2S. The molecule has 2 rings (SSSR count). The predicted molar refractivity (Wildman–Crippen MR) is 73.2 cm³/mol. The van der Waals surface area contributed by atoms with Gasteiger partial charge in [0.1, 0.15) is 16.4 Å². The summed E-state index contributed by atoms with van der Waals surface area (Å²) in [5.41, 5.74) is 4.76. The molecular weight excluding hydrogens is 302 g/mol. The number of hydrogen-bond donors (Lipinski definition) is 2. The highest BCUT2D eigenvalue weighted by Gasteiger charge is 2.21. The van der Waals surface area contributed by atoms with E-state index in [9.17, 15) is 17.2 Å². The average molecular weight is 316 g/mol. The summed E-state index contributed by atoms with van der Waals surface area (Å²) in [6.45, 7) is 2.03. The summed E-state index contributed by atoms with van der Waals surface area (Å²) in [7, 11) is -4.13. The lowest BCUT2D eigenvalue weighted by atomic mass is 10.2. The first-order valence-electron chi connectivity index (χ1n) is 6.05. The maximum Gasteiger partial charge on any atom is 0.265 e. The average Bonchev–Trinajstić information content (AvgIpc) is 2.89. The van der Waals surface area contributed by atoms with Crippen molar-refractivity contribution in [2.45, 2.75) is 18.4 Å². The van der Waals surface area contributed by atoms with Crippen LogP contribution in [0.2, 0.25) is 0 Å². The van der Waals surface area contributed by atoms with Crippen LogP contribution in [0.4, 0.5) is 14.5 Å². The molecule has 0 radical (unpaired) electrons. The van der Waals surface area contributed by atoms with Gasteiger partial charge in [-0.3, -0.25) is 9.40 Å². The number of nitrogens with one attached hydrogen (secondary N) is 1. The van der Waals surface area contributed by atoms with E-state index in [1.54, 1.807) is 0 Å². The van der Waals surface area contributed by atoms with E-state index in [4.69, 9.17) is 5.73 Å². The van der Waals surface area contributed by atoms with Crippen LogP contribution in [-0.2, 0) is 16.6 Å². The Morgan fingerprint density at radius 3 is 2.76 bits per heavy atom. The maximum atomic E-state index is 13.8. The lowest BCUT2D eigenvalue weighted by Crippen LogP contribution is -2.15. The van der Waals surface area contributed by atoms with Gasteiger partial charge in [0.2, 0.25) is 0 Å². The minimum Gasteiger partial charge on any atom is -0.329 e. The first-order valence-corrected chi connectivity index (χ1v) is 7.53. The van der Waals surface area contributed by atoms with E-state index in [0.717, 1.165) is 12.3 Å². The summed E-state index contributed by atoms with van der Waals surface area (Å²) in [6, 6.07) is 2.22. The molecule has 9 heteroatoms. The van der Waals surface area contributed by atoms with E-state index >= 15 is 0 Å². The largest absolute Gasteiger partial charge is 0.329 e. The van der Waals surface area contributed by atoms with E-state index in [-0.39, 0.29) is 17.0 Å². The number of anilines is 1. The van der Waals surface area contributed by atoms with Crippen LogP contribution in [0, 0.1) is 18.6 Å². The van der Waals surface area contributed by atoms with Gasteiger partial charge in [0.05, 0.1) is 12.7 Å². The molecule has 2 aromatic rings. The zero-order valence-electron chi connectivity index (χ0n) is 11.2. The zero-order chi connectivity index (χ0) is 15.6. The van der Waals surface area contributed by atoms with Gasteiger partial charge in [-0.05, 0) is 18.6 Å². The molecule has 1 heterocycles. The number of halogens is 2. The van der Waals surface area contributed by atoms with Gasteiger partial charge in [-0.2, -0.15) is 5.10 Å². The molecule has 114 valence electrons. The van der Waals surface area contributed by atoms with Crippen LogP contribution in [0.3, 0.4) is 0 Å². The lowest BCUT2D eigenvalue weighted by Gasteiger charge is -2.09. The standard InChI is InChI=1S/C12H14F2N4O2S/c1-8-2-3-10(13)12(11(8)14)17-21(19,20)9-6-16-18(7-9)5-4-15/h2-3,6-7,17H,4-5,15H2,1H3. The molecule has 21 heavy (non-hydrogen) atoms. The summed E-state index contributed by atoms with van der Waals surface area (Å²) in [4.78, 5) is -0.198. The Labute approximate surface area is 120 Å². The molecule has 0 aliphatic rings. The van der Waals surface area contributed by atoms with Crippen molar-refractivity contribution in [3.63, 3.8) is 0 Å². The van der Waals surface area contributed by atoms with Crippen LogP contribution in [0.15, 0.2) is 29.4 Å². The summed E-state index contributed by atoms with van der Waals surface area (Å²) in [5, 5.41) is 3.81. The Balaban J connectivity index is 2.35. The molecule has 1 aromatic carbocycles. The van der Waals surface area contributed by atoms with Gasteiger partial charge in [-0.15, -0.1) is 0 Å². The van der Waals surface area contributed by atoms with Crippen molar-refractivity contribution >= 4 is 15.7 Å². The fraction of sp³-hybridized carbons (Fsp3) is 0.250. The Kier molecular flexibility index (Phi) is 4.24. The summed E-state index contributed by atoms with van der Waals surface area (Å²) in [6.07, 6.45) is 2.32. The first kappa shape index (κ1) is 15.4. The minimum absolute atomic E-state index is 0.132. The van der Waals surface area contributed by atoms with Crippen LogP contribution >= 0.6 is 0 Å². The predicted octanol–water partition coefficient (Wildman–Crippen LogP) is 1.23. The molecule has 6 nitrogen and oxygen atoms in total. The minimum atomic E-state index is -4.13. The number of sulfonamides is 1. The highest BCUT2D eigenvalue weighted by atomic mass is 32.2. The molecule has 0 unspecified atom stereocenters. The van der Waals surface area contributed by atoms with E-state index < -0.39 is 27.3 Å². The molecule has 0 fully saturated rings. The van der Waals surface area contributed by atoms with Gasteiger partial charge in [-0.25, -0.2) is 17.2 Å². The van der Waals surface area contributed by atoms with E-state index in [0.29, 0.717) is 6.54 Å². The van der Waals surface area contributed by atoms with Gasteiger partial charge in [0.25, 0.3) is 10.0 Å². The van der Waals surface area contributed by atoms with Crippen molar-refractivity contribution in [3.05, 3.63) is 41.7 Å². The molecule has 0 aliphatic carbocycles. The molecule has 0 bridgehead atoms. The number of nitrogens with zero attached hydrogens (tertiary/aromatic N) is 2. The summed E-state index contributed by atoms with van der Waals surface area (Å²) >= 11 is 0. The number of aromatic nitrogens is 2. The second-order valence-corrected chi connectivity index (χ2v) is 6.07. The van der Waals surface area contributed by atoms with Crippen LogP contribution < -0.4 is 10.5 Å². The third kappa shape index (κ3) is 3.19. The second kappa shape index (κ2) is 5.78. The fourth-order valence-electron chi connectivity index (χ4n) is 1.68. The molecule has 0 amide bonds. The lowest BCUT2D eigenvalue weighted by molar-refractivity contribution is 0.578. The number of hydrogen-bond acceptors (Lipinski definition) is 4. The van der Waals surface area contributed by atoms with Crippen molar-refractivity contribution in [2.24, 2.45) is 5.73 Å². The number of aryl methyl sites for hydroxylation is 1. The van der Waals surface area contributed by atoms with Crippen molar-refractivity contribution in [1.29, 1.82) is 0 Å². The molecule has 0 saturated carbocycles. The van der Waals surface area contributed by atoms with E-state index in [1.165, 1.54) is 23.9 Å². The Morgan fingerprint density at radius 1 is 1.38 bits per heavy atom. The SMILES string of the molecule is Cc1ccc(F)c(NS(=O)(=O)c2cnn(CCN)c2)c1F. The topological polar surface area (TPSA) is 90.0 Å². The van der Waals surface area contributed by atoms with Crippen LogP contribution in [0.25, 0.3) is 0 Å². The fourth-order valence-corrected chi connectivity index (χ4v) is 2.70. The van der Waals surface area contributed by atoms with Gasteiger partial charge >= 0.3 is 0 Å². The van der Waals surface area contributed by atoms with Crippen LogP contribution in [-0.4, -0.2) is 24.7 Å². The molecule has 0 saturated heterocycles. The van der Waals surface area contributed by atoms with Crippen molar-refractivity contribution in [2.75, 3.05) is 11.3 Å². The zero-order valence-corrected chi connectivity index (χ0v) is 12.0. The van der Waals surface area contributed by atoms with E-state index in [2.05, 4.69) is 5.10 Å². The molecule has 1 aromatic heterocycles. The number of benzene rings is 1.